The van der Waals surface area contributed by atoms with Crippen molar-refractivity contribution < 1.29 is 4.79 Å². The molecule has 0 spiro atoms. The second-order valence-corrected chi connectivity index (χ2v) is 5.68. The lowest BCUT2D eigenvalue weighted by Gasteiger charge is -2.22. The fourth-order valence-corrected chi connectivity index (χ4v) is 2.66. The highest BCUT2D eigenvalue weighted by molar-refractivity contribution is 5.85. The molecule has 1 unspecified atom stereocenters. The van der Waals surface area contributed by atoms with Gasteiger partial charge in [-0.2, -0.15) is 0 Å². The molecule has 0 aromatic heterocycles. The summed E-state index contributed by atoms with van der Waals surface area (Å²) in [5, 5.41) is 3.06. The van der Waals surface area contributed by atoms with Crippen LogP contribution in [0.4, 0.5) is 0 Å². The van der Waals surface area contributed by atoms with Crippen LogP contribution in [0.3, 0.4) is 0 Å². The van der Waals surface area contributed by atoms with Crippen LogP contribution < -0.4 is 5.32 Å². The van der Waals surface area contributed by atoms with E-state index in [9.17, 15) is 4.79 Å². The van der Waals surface area contributed by atoms with Gasteiger partial charge in [0, 0.05) is 26.1 Å². The minimum atomic E-state index is -0.0149. The molecule has 0 bridgehead atoms. The molecule has 0 saturated heterocycles. The molecule has 1 amide bonds. The number of carbonyl (C=O) groups excluding carboxylic acids is 1. The van der Waals surface area contributed by atoms with E-state index in [4.69, 9.17) is 0 Å². The average molecular weight is 333 g/mol. The van der Waals surface area contributed by atoms with Gasteiger partial charge in [0.2, 0.25) is 5.91 Å². The van der Waals surface area contributed by atoms with E-state index in [1.54, 1.807) is 0 Å². The summed E-state index contributed by atoms with van der Waals surface area (Å²) < 4.78 is 0. The molecule has 0 fully saturated rings. The van der Waals surface area contributed by atoms with Crippen LogP contribution in [-0.4, -0.2) is 31.4 Å². The molecular weight excluding hydrogens is 308 g/mol. The van der Waals surface area contributed by atoms with Crippen molar-refractivity contribution in [3.8, 4) is 11.1 Å². The predicted octanol–water partition coefficient (Wildman–Crippen LogP) is 3.59. The van der Waals surface area contributed by atoms with E-state index in [0.717, 1.165) is 0 Å². The standard InChI is InChI=1S/C19H24N2O.ClH/c1-15(13-20-2)19(22)21(3)14-17-11-7-8-12-18(17)16-9-5-4-6-10-16;/h4-12,15,20H,13-14H2,1-3H3;1H. The van der Waals surface area contributed by atoms with Crippen molar-refractivity contribution in [2.45, 2.75) is 13.5 Å². The van der Waals surface area contributed by atoms with Gasteiger partial charge in [0.25, 0.3) is 0 Å². The van der Waals surface area contributed by atoms with E-state index in [-0.39, 0.29) is 24.2 Å². The fourth-order valence-electron chi connectivity index (χ4n) is 2.66. The van der Waals surface area contributed by atoms with E-state index < -0.39 is 0 Å². The molecule has 2 aromatic carbocycles. The van der Waals surface area contributed by atoms with Crippen molar-refractivity contribution in [2.75, 3.05) is 20.6 Å². The Labute approximate surface area is 145 Å². The summed E-state index contributed by atoms with van der Waals surface area (Å²) in [5.41, 5.74) is 3.53. The summed E-state index contributed by atoms with van der Waals surface area (Å²) in [7, 11) is 3.74. The van der Waals surface area contributed by atoms with Crippen LogP contribution in [0, 0.1) is 5.92 Å². The summed E-state index contributed by atoms with van der Waals surface area (Å²) in [5.74, 6) is 0.149. The van der Waals surface area contributed by atoms with Gasteiger partial charge in [-0.3, -0.25) is 4.79 Å². The molecule has 124 valence electrons. The van der Waals surface area contributed by atoms with Crippen molar-refractivity contribution in [1.29, 1.82) is 0 Å². The first kappa shape index (κ1) is 19.2. The second-order valence-electron chi connectivity index (χ2n) is 5.68. The zero-order chi connectivity index (χ0) is 15.9. The first-order valence-electron chi connectivity index (χ1n) is 7.66. The zero-order valence-corrected chi connectivity index (χ0v) is 14.8. The van der Waals surface area contributed by atoms with Crippen molar-refractivity contribution in [3.05, 3.63) is 60.2 Å². The maximum absolute atomic E-state index is 12.4. The summed E-state index contributed by atoms with van der Waals surface area (Å²) in [4.78, 5) is 14.2. The lowest BCUT2D eigenvalue weighted by molar-refractivity contribution is -0.134. The van der Waals surface area contributed by atoms with Crippen LogP contribution in [0.25, 0.3) is 11.1 Å². The largest absolute Gasteiger partial charge is 0.341 e. The van der Waals surface area contributed by atoms with Crippen molar-refractivity contribution >= 4 is 18.3 Å². The molecule has 1 N–H and O–H groups in total. The number of hydrogen-bond donors (Lipinski definition) is 1. The third-order valence-corrected chi connectivity index (χ3v) is 3.82. The number of rotatable bonds is 6. The summed E-state index contributed by atoms with van der Waals surface area (Å²) >= 11 is 0. The Bertz CT molecular complexity index is 616. The van der Waals surface area contributed by atoms with E-state index in [1.807, 2.05) is 56.3 Å². The molecule has 4 heteroatoms. The number of benzene rings is 2. The number of carbonyl (C=O) groups is 1. The smallest absolute Gasteiger partial charge is 0.226 e. The van der Waals surface area contributed by atoms with Crippen LogP contribution in [-0.2, 0) is 11.3 Å². The normalized spacial score (nSPS) is 11.4. The van der Waals surface area contributed by atoms with Gasteiger partial charge in [0.05, 0.1) is 0 Å². The van der Waals surface area contributed by atoms with Gasteiger partial charge in [0.1, 0.15) is 0 Å². The minimum Gasteiger partial charge on any atom is -0.341 e. The highest BCUT2D eigenvalue weighted by atomic mass is 35.5. The maximum atomic E-state index is 12.4. The fraction of sp³-hybridized carbons (Fsp3) is 0.316. The van der Waals surface area contributed by atoms with Gasteiger partial charge < -0.3 is 10.2 Å². The van der Waals surface area contributed by atoms with E-state index in [0.29, 0.717) is 13.1 Å². The van der Waals surface area contributed by atoms with Crippen LogP contribution >= 0.6 is 12.4 Å². The lowest BCUT2D eigenvalue weighted by Crippen LogP contribution is -2.35. The number of hydrogen-bond acceptors (Lipinski definition) is 2. The molecule has 3 nitrogen and oxygen atoms in total. The third-order valence-electron chi connectivity index (χ3n) is 3.82. The van der Waals surface area contributed by atoms with Gasteiger partial charge in [0.15, 0.2) is 0 Å². The highest BCUT2D eigenvalue weighted by Gasteiger charge is 2.17. The molecule has 0 aliphatic heterocycles. The molecule has 1 atom stereocenters. The van der Waals surface area contributed by atoms with Crippen molar-refractivity contribution in [3.63, 3.8) is 0 Å². The second kappa shape index (κ2) is 9.33. The first-order valence-corrected chi connectivity index (χ1v) is 7.66. The molecule has 2 aromatic rings. The SMILES string of the molecule is CNCC(C)C(=O)N(C)Cc1ccccc1-c1ccccc1.Cl. The predicted molar refractivity (Wildman–Crippen MR) is 98.7 cm³/mol. The third kappa shape index (κ3) is 5.08. The minimum absolute atomic E-state index is 0. The average Bonchev–Trinajstić information content (AvgIpc) is 2.55. The highest BCUT2D eigenvalue weighted by Crippen LogP contribution is 2.24. The number of nitrogens with zero attached hydrogens (tertiary/aromatic N) is 1. The van der Waals surface area contributed by atoms with E-state index in [2.05, 4.69) is 29.6 Å². The number of nitrogens with one attached hydrogen (secondary N) is 1. The van der Waals surface area contributed by atoms with Gasteiger partial charge >= 0.3 is 0 Å². The van der Waals surface area contributed by atoms with E-state index in [1.165, 1.54) is 16.7 Å². The zero-order valence-electron chi connectivity index (χ0n) is 14.0. The Morgan fingerprint density at radius 1 is 1.09 bits per heavy atom. The Balaban J connectivity index is 0.00000264. The Hall–Kier alpha value is -1.84. The van der Waals surface area contributed by atoms with Gasteiger partial charge in [-0.05, 0) is 23.7 Å². The lowest BCUT2D eigenvalue weighted by atomic mass is 9.99. The topological polar surface area (TPSA) is 32.3 Å². The molecule has 0 saturated carbocycles. The summed E-state index contributed by atoms with van der Waals surface area (Å²) in [6.07, 6.45) is 0. The van der Waals surface area contributed by atoms with Gasteiger partial charge in [-0.1, -0.05) is 61.5 Å². The Morgan fingerprint density at radius 3 is 2.35 bits per heavy atom. The Kier molecular flexibility index (Phi) is 7.79. The Morgan fingerprint density at radius 2 is 1.70 bits per heavy atom. The van der Waals surface area contributed by atoms with Crippen LogP contribution in [0.2, 0.25) is 0 Å². The first-order chi connectivity index (χ1) is 10.6. The summed E-state index contributed by atoms with van der Waals surface area (Å²) in [6, 6.07) is 18.6. The quantitative estimate of drug-likeness (QED) is 0.876. The summed E-state index contributed by atoms with van der Waals surface area (Å²) in [6.45, 7) is 3.28. The molecule has 2 rings (SSSR count). The number of amides is 1. The monoisotopic (exact) mass is 332 g/mol. The maximum Gasteiger partial charge on any atom is 0.226 e. The van der Waals surface area contributed by atoms with Gasteiger partial charge in [-0.25, -0.2) is 0 Å². The molecular formula is C19H25ClN2O. The van der Waals surface area contributed by atoms with Crippen LogP contribution in [0.5, 0.6) is 0 Å². The molecule has 23 heavy (non-hydrogen) atoms. The molecule has 0 radical (unpaired) electrons. The molecule has 0 heterocycles. The van der Waals surface area contributed by atoms with Crippen molar-refractivity contribution in [2.24, 2.45) is 5.92 Å². The number of halogens is 1. The van der Waals surface area contributed by atoms with Crippen molar-refractivity contribution in [1.82, 2.24) is 10.2 Å². The van der Waals surface area contributed by atoms with Crippen LogP contribution in [0.15, 0.2) is 54.6 Å². The molecule has 0 aliphatic carbocycles. The van der Waals surface area contributed by atoms with E-state index >= 15 is 0 Å². The molecule has 0 aliphatic rings. The van der Waals surface area contributed by atoms with Crippen LogP contribution in [0.1, 0.15) is 12.5 Å². The van der Waals surface area contributed by atoms with Gasteiger partial charge in [-0.15, -0.1) is 12.4 Å².